The Morgan fingerprint density at radius 3 is 2.83 bits per heavy atom. The molecule has 1 atom stereocenters. The van der Waals surface area contributed by atoms with Crippen LogP contribution < -0.4 is 16.6 Å². The quantitative estimate of drug-likeness (QED) is 0.339. The molecule has 0 aliphatic rings. The van der Waals surface area contributed by atoms with Gasteiger partial charge in [-0.1, -0.05) is 11.6 Å². The first-order valence-corrected chi connectivity index (χ1v) is 5.69. The summed E-state index contributed by atoms with van der Waals surface area (Å²) in [5.74, 6) is 5.20. The van der Waals surface area contributed by atoms with Crippen molar-refractivity contribution < 1.29 is 9.13 Å². The van der Waals surface area contributed by atoms with Crippen LogP contribution in [-0.4, -0.2) is 25.7 Å². The molecule has 0 radical (unpaired) electrons. The van der Waals surface area contributed by atoms with Gasteiger partial charge in [-0.25, -0.2) is 15.2 Å². The molecular weight excluding hydrogens is 259 g/mol. The maximum absolute atomic E-state index is 13.1. The van der Waals surface area contributed by atoms with Crippen molar-refractivity contribution in [3.8, 4) is 0 Å². The second-order valence-electron chi connectivity index (χ2n) is 3.71. The number of hydrogen-bond donors (Lipinski definition) is 3. The summed E-state index contributed by atoms with van der Waals surface area (Å²) < 4.78 is 18.1. The summed E-state index contributed by atoms with van der Waals surface area (Å²) in [4.78, 5) is 4.22. The zero-order valence-electron chi connectivity index (χ0n) is 10.2. The second kappa shape index (κ2) is 7.15. The number of guanidine groups is 1. The lowest BCUT2D eigenvalue weighted by Crippen LogP contribution is -2.37. The number of aliphatic imine (C=N–C) groups is 1. The van der Waals surface area contributed by atoms with Gasteiger partial charge in [-0.05, 0) is 25.1 Å². The average Bonchev–Trinajstić information content (AvgIpc) is 2.27. The summed E-state index contributed by atoms with van der Waals surface area (Å²) in [6.45, 7) is 2.32. The number of hydrazine groups is 1. The topological polar surface area (TPSA) is 71.7 Å². The molecule has 1 unspecified atom stereocenters. The van der Waals surface area contributed by atoms with Gasteiger partial charge >= 0.3 is 0 Å². The Morgan fingerprint density at radius 2 is 2.28 bits per heavy atom. The van der Waals surface area contributed by atoms with Crippen molar-refractivity contribution in [1.82, 2.24) is 5.43 Å². The van der Waals surface area contributed by atoms with E-state index >= 15 is 0 Å². The fourth-order valence-corrected chi connectivity index (χ4v) is 1.59. The molecule has 0 aliphatic carbocycles. The molecule has 0 fully saturated rings. The van der Waals surface area contributed by atoms with Gasteiger partial charge in [0.1, 0.15) is 5.82 Å². The molecule has 0 saturated heterocycles. The van der Waals surface area contributed by atoms with Crippen molar-refractivity contribution in [2.45, 2.75) is 13.0 Å². The molecule has 1 aromatic carbocycles. The number of anilines is 1. The standard InChI is InChI=1S/C11H16ClFN4O/c1-7(6-18-2)15-11(17-14)16-10-4-8(12)3-9(13)5-10/h3-5,7H,6,14H2,1-2H3,(H2,15,16,17). The summed E-state index contributed by atoms with van der Waals surface area (Å²) in [6.07, 6.45) is 0. The van der Waals surface area contributed by atoms with Crippen LogP contribution in [0.25, 0.3) is 0 Å². The van der Waals surface area contributed by atoms with Crippen LogP contribution in [0.2, 0.25) is 5.02 Å². The Hall–Kier alpha value is -1.37. The van der Waals surface area contributed by atoms with Crippen LogP contribution in [-0.2, 0) is 4.74 Å². The molecule has 5 nitrogen and oxygen atoms in total. The first kappa shape index (κ1) is 14.7. The minimum Gasteiger partial charge on any atom is -0.382 e. The molecule has 7 heteroatoms. The molecule has 0 aliphatic heterocycles. The number of nitrogens with one attached hydrogen (secondary N) is 2. The molecule has 0 bridgehead atoms. The normalized spacial score (nSPS) is 13.3. The first-order chi connectivity index (χ1) is 8.55. The zero-order chi connectivity index (χ0) is 13.5. The molecule has 100 valence electrons. The van der Waals surface area contributed by atoms with Gasteiger partial charge < -0.3 is 10.1 Å². The van der Waals surface area contributed by atoms with Crippen LogP contribution in [0.4, 0.5) is 10.1 Å². The van der Waals surface area contributed by atoms with E-state index in [4.69, 9.17) is 22.2 Å². The highest BCUT2D eigenvalue weighted by Crippen LogP contribution is 2.17. The van der Waals surface area contributed by atoms with Gasteiger partial charge in [-0.2, -0.15) is 0 Å². The number of halogens is 2. The molecule has 0 spiro atoms. The number of nitrogens with two attached hydrogens (primary N) is 1. The summed E-state index contributed by atoms with van der Waals surface area (Å²) in [5, 5.41) is 3.12. The Labute approximate surface area is 110 Å². The third kappa shape index (κ3) is 4.87. The molecule has 18 heavy (non-hydrogen) atoms. The Morgan fingerprint density at radius 1 is 1.56 bits per heavy atom. The Bertz CT molecular complexity index is 407. The Balaban J connectivity index is 2.79. The molecule has 0 aromatic heterocycles. The van der Waals surface area contributed by atoms with Crippen molar-refractivity contribution >= 4 is 23.2 Å². The molecule has 0 saturated carbocycles. The number of nitrogens with zero attached hydrogens (tertiary/aromatic N) is 1. The lowest BCUT2D eigenvalue weighted by Gasteiger charge is -2.12. The van der Waals surface area contributed by atoms with E-state index in [0.717, 1.165) is 0 Å². The SMILES string of the molecule is COCC(C)N=C(NN)Nc1cc(F)cc(Cl)c1. The minimum absolute atomic E-state index is 0.0856. The van der Waals surface area contributed by atoms with Crippen molar-refractivity contribution in [3.63, 3.8) is 0 Å². The summed E-state index contributed by atoms with van der Waals surface area (Å²) >= 11 is 5.74. The molecule has 4 N–H and O–H groups in total. The highest BCUT2D eigenvalue weighted by Gasteiger charge is 2.04. The fraction of sp³-hybridized carbons (Fsp3) is 0.364. The van der Waals surface area contributed by atoms with E-state index < -0.39 is 5.82 Å². The molecule has 1 rings (SSSR count). The third-order valence-electron chi connectivity index (χ3n) is 2.02. The third-order valence-corrected chi connectivity index (χ3v) is 2.24. The van der Waals surface area contributed by atoms with Gasteiger partial charge in [-0.3, -0.25) is 5.43 Å². The van der Waals surface area contributed by atoms with Gasteiger partial charge in [0.25, 0.3) is 0 Å². The molecule has 0 amide bonds. The van der Waals surface area contributed by atoms with Crippen LogP contribution in [0.15, 0.2) is 23.2 Å². The van der Waals surface area contributed by atoms with Crippen LogP contribution in [0, 0.1) is 5.82 Å². The van der Waals surface area contributed by atoms with E-state index in [9.17, 15) is 4.39 Å². The van der Waals surface area contributed by atoms with Crippen molar-refractivity contribution in [2.24, 2.45) is 10.8 Å². The molecule has 0 heterocycles. The highest BCUT2D eigenvalue weighted by molar-refractivity contribution is 6.30. The predicted octanol–water partition coefficient (Wildman–Crippen LogP) is 1.75. The molecule has 1 aromatic rings. The van der Waals surface area contributed by atoms with Gasteiger partial charge in [0.2, 0.25) is 5.96 Å². The van der Waals surface area contributed by atoms with Gasteiger partial charge in [0.15, 0.2) is 0 Å². The number of ether oxygens (including phenoxy) is 1. The predicted molar refractivity (Wildman–Crippen MR) is 71.1 cm³/mol. The minimum atomic E-state index is -0.439. The van der Waals surface area contributed by atoms with Crippen LogP contribution >= 0.6 is 11.6 Å². The van der Waals surface area contributed by atoms with Crippen LogP contribution in [0.5, 0.6) is 0 Å². The van der Waals surface area contributed by atoms with Crippen molar-refractivity contribution in [1.29, 1.82) is 0 Å². The van der Waals surface area contributed by atoms with E-state index in [-0.39, 0.29) is 6.04 Å². The van der Waals surface area contributed by atoms with E-state index in [1.807, 2.05) is 6.92 Å². The van der Waals surface area contributed by atoms with E-state index in [2.05, 4.69) is 15.7 Å². The fourth-order valence-electron chi connectivity index (χ4n) is 1.37. The van der Waals surface area contributed by atoms with E-state index in [1.54, 1.807) is 13.2 Å². The monoisotopic (exact) mass is 274 g/mol. The van der Waals surface area contributed by atoms with Gasteiger partial charge in [0, 0.05) is 17.8 Å². The highest BCUT2D eigenvalue weighted by atomic mass is 35.5. The smallest absolute Gasteiger partial charge is 0.210 e. The maximum Gasteiger partial charge on any atom is 0.210 e. The lowest BCUT2D eigenvalue weighted by molar-refractivity contribution is 0.185. The van der Waals surface area contributed by atoms with Crippen LogP contribution in [0.1, 0.15) is 6.92 Å². The summed E-state index contributed by atoms with van der Waals surface area (Å²) in [6, 6.07) is 3.99. The Kier molecular flexibility index (Phi) is 5.84. The second-order valence-corrected chi connectivity index (χ2v) is 4.15. The number of hydrogen-bond acceptors (Lipinski definition) is 3. The first-order valence-electron chi connectivity index (χ1n) is 5.31. The van der Waals surface area contributed by atoms with Crippen LogP contribution in [0.3, 0.4) is 0 Å². The van der Waals surface area contributed by atoms with E-state index in [0.29, 0.717) is 23.3 Å². The average molecular weight is 275 g/mol. The maximum atomic E-state index is 13.1. The summed E-state index contributed by atoms with van der Waals surface area (Å²) in [7, 11) is 1.58. The zero-order valence-corrected chi connectivity index (χ0v) is 11.0. The van der Waals surface area contributed by atoms with E-state index in [1.165, 1.54) is 12.1 Å². The molecular formula is C11H16ClFN4O. The number of methoxy groups -OCH3 is 1. The number of rotatable bonds is 4. The van der Waals surface area contributed by atoms with Gasteiger partial charge in [-0.15, -0.1) is 0 Å². The number of benzene rings is 1. The van der Waals surface area contributed by atoms with Crippen molar-refractivity contribution in [3.05, 3.63) is 29.0 Å². The van der Waals surface area contributed by atoms with Gasteiger partial charge in [0.05, 0.1) is 12.6 Å². The van der Waals surface area contributed by atoms with Crippen molar-refractivity contribution in [2.75, 3.05) is 19.0 Å². The largest absolute Gasteiger partial charge is 0.382 e. The summed E-state index contributed by atoms with van der Waals surface area (Å²) in [5.41, 5.74) is 2.86. The lowest BCUT2D eigenvalue weighted by atomic mass is 10.3.